The highest BCUT2D eigenvalue weighted by molar-refractivity contribution is 5.99. The summed E-state index contributed by atoms with van der Waals surface area (Å²) in [6.07, 6.45) is 3.86. The summed E-state index contributed by atoms with van der Waals surface area (Å²) in [7, 11) is 0. The lowest BCUT2D eigenvalue weighted by Crippen LogP contribution is -2.36. The smallest absolute Gasteiger partial charge is 0.255 e. The number of aromatic nitrogens is 1. The van der Waals surface area contributed by atoms with Crippen LogP contribution in [-0.4, -0.2) is 34.3 Å². The first kappa shape index (κ1) is 16.2. The number of pyridine rings is 1. The lowest BCUT2D eigenvalue weighted by Gasteiger charge is -2.29. The van der Waals surface area contributed by atoms with E-state index in [4.69, 9.17) is 0 Å². The average molecular weight is 323 g/mol. The van der Waals surface area contributed by atoms with Crippen LogP contribution in [0.2, 0.25) is 0 Å². The zero-order valence-electron chi connectivity index (χ0n) is 14.0. The number of fused-ring (bicyclic) bond motifs is 1. The number of amides is 2. The Morgan fingerprint density at radius 2 is 1.83 bits per heavy atom. The van der Waals surface area contributed by atoms with Gasteiger partial charge in [0.05, 0.1) is 11.1 Å². The van der Waals surface area contributed by atoms with Gasteiger partial charge in [0.25, 0.3) is 11.8 Å². The topological polar surface area (TPSA) is 62.3 Å². The maximum Gasteiger partial charge on any atom is 0.255 e. The molecule has 1 aliphatic heterocycles. The van der Waals surface area contributed by atoms with Gasteiger partial charge >= 0.3 is 0 Å². The van der Waals surface area contributed by atoms with Crippen molar-refractivity contribution in [1.82, 2.24) is 15.2 Å². The minimum atomic E-state index is -0.212. The monoisotopic (exact) mass is 323 g/mol. The van der Waals surface area contributed by atoms with E-state index in [1.807, 2.05) is 30.9 Å². The van der Waals surface area contributed by atoms with E-state index < -0.39 is 0 Å². The molecule has 1 aromatic heterocycles. The summed E-state index contributed by atoms with van der Waals surface area (Å²) in [6, 6.07) is 9.83. The minimum Gasteiger partial charge on any atom is -0.350 e. The molecule has 0 bridgehead atoms. The summed E-state index contributed by atoms with van der Waals surface area (Å²) in [6.45, 7) is 5.06. The molecule has 0 saturated carbocycles. The van der Waals surface area contributed by atoms with Crippen molar-refractivity contribution < 1.29 is 9.59 Å². The highest BCUT2D eigenvalue weighted by Crippen LogP contribution is 2.20. The molecular formula is C19H21N3O2. The molecule has 2 aromatic rings. The number of nitrogens with zero attached hydrogens (tertiary/aromatic N) is 2. The third kappa shape index (κ3) is 3.45. The van der Waals surface area contributed by atoms with Crippen LogP contribution in [-0.2, 0) is 13.0 Å². The predicted molar refractivity (Wildman–Crippen MR) is 91.7 cm³/mol. The van der Waals surface area contributed by atoms with Crippen molar-refractivity contribution in [3.8, 4) is 0 Å². The fraction of sp³-hybridized carbons (Fsp3) is 0.316. The third-order valence-corrected chi connectivity index (χ3v) is 4.09. The lowest BCUT2D eigenvalue weighted by atomic mass is 9.99. The number of hydrogen-bond acceptors (Lipinski definition) is 3. The lowest BCUT2D eigenvalue weighted by molar-refractivity contribution is 0.0734. The molecular weight excluding hydrogens is 302 g/mol. The Balaban J connectivity index is 1.77. The Kier molecular flexibility index (Phi) is 4.60. The first-order chi connectivity index (χ1) is 11.5. The maximum atomic E-state index is 12.8. The average Bonchev–Trinajstić information content (AvgIpc) is 2.60. The summed E-state index contributed by atoms with van der Waals surface area (Å²) >= 11 is 0. The Morgan fingerprint density at radius 3 is 2.58 bits per heavy atom. The SMILES string of the molecule is CC(C)NC(=O)c1cncc(C(=O)N2CCc3ccccc3C2)c1. The molecule has 3 rings (SSSR count). The quantitative estimate of drug-likeness (QED) is 0.943. The second-order valence-electron chi connectivity index (χ2n) is 6.34. The molecule has 0 aliphatic carbocycles. The Hall–Kier alpha value is -2.69. The molecule has 1 N–H and O–H groups in total. The Morgan fingerprint density at radius 1 is 1.12 bits per heavy atom. The van der Waals surface area contributed by atoms with E-state index in [1.165, 1.54) is 23.5 Å². The fourth-order valence-electron chi connectivity index (χ4n) is 2.88. The molecule has 5 nitrogen and oxygen atoms in total. The van der Waals surface area contributed by atoms with E-state index in [0.717, 1.165) is 6.42 Å². The highest BCUT2D eigenvalue weighted by atomic mass is 16.2. The normalized spacial score (nSPS) is 13.5. The van der Waals surface area contributed by atoms with Crippen LogP contribution in [0.3, 0.4) is 0 Å². The summed E-state index contributed by atoms with van der Waals surface area (Å²) < 4.78 is 0. The van der Waals surface area contributed by atoms with Crippen molar-refractivity contribution in [2.24, 2.45) is 0 Å². The largest absolute Gasteiger partial charge is 0.350 e. The number of hydrogen-bond donors (Lipinski definition) is 1. The van der Waals surface area contributed by atoms with Crippen molar-refractivity contribution >= 4 is 11.8 Å². The van der Waals surface area contributed by atoms with Crippen molar-refractivity contribution in [2.45, 2.75) is 32.9 Å². The van der Waals surface area contributed by atoms with E-state index in [2.05, 4.69) is 22.4 Å². The van der Waals surface area contributed by atoms with E-state index in [9.17, 15) is 9.59 Å². The second-order valence-corrected chi connectivity index (χ2v) is 6.34. The van der Waals surface area contributed by atoms with E-state index in [1.54, 1.807) is 6.07 Å². The van der Waals surface area contributed by atoms with Crippen molar-refractivity contribution in [3.05, 3.63) is 65.0 Å². The zero-order chi connectivity index (χ0) is 17.1. The Bertz CT molecular complexity index is 771. The summed E-state index contributed by atoms with van der Waals surface area (Å²) in [5.74, 6) is -0.299. The molecule has 1 aliphatic rings. The molecule has 0 spiro atoms. The second kappa shape index (κ2) is 6.83. The van der Waals surface area contributed by atoms with Gasteiger partial charge < -0.3 is 10.2 Å². The van der Waals surface area contributed by atoms with Gasteiger partial charge in [-0.3, -0.25) is 14.6 Å². The van der Waals surface area contributed by atoms with Gasteiger partial charge in [0.2, 0.25) is 0 Å². The number of carbonyl (C=O) groups is 2. The van der Waals surface area contributed by atoms with E-state index >= 15 is 0 Å². The molecule has 24 heavy (non-hydrogen) atoms. The van der Waals surface area contributed by atoms with Gasteiger partial charge in [-0.25, -0.2) is 0 Å². The van der Waals surface area contributed by atoms with Crippen LogP contribution in [0.5, 0.6) is 0 Å². The van der Waals surface area contributed by atoms with E-state index in [-0.39, 0.29) is 17.9 Å². The van der Waals surface area contributed by atoms with Gasteiger partial charge in [0, 0.05) is 31.5 Å². The number of rotatable bonds is 3. The summed E-state index contributed by atoms with van der Waals surface area (Å²) in [4.78, 5) is 30.7. The van der Waals surface area contributed by atoms with Crippen LogP contribution >= 0.6 is 0 Å². The van der Waals surface area contributed by atoms with Crippen molar-refractivity contribution in [2.75, 3.05) is 6.54 Å². The third-order valence-electron chi connectivity index (χ3n) is 4.09. The van der Waals surface area contributed by atoms with Crippen molar-refractivity contribution in [1.29, 1.82) is 0 Å². The molecule has 2 heterocycles. The number of nitrogens with one attached hydrogen (secondary N) is 1. The summed E-state index contributed by atoms with van der Waals surface area (Å²) in [5.41, 5.74) is 3.33. The molecule has 2 amide bonds. The Labute approximate surface area is 141 Å². The fourth-order valence-corrected chi connectivity index (χ4v) is 2.88. The van der Waals surface area contributed by atoms with Crippen LogP contribution in [0, 0.1) is 0 Å². The molecule has 0 atom stereocenters. The standard InChI is InChI=1S/C19H21N3O2/c1-13(2)21-18(23)16-9-17(11-20-10-16)19(24)22-8-7-14-5-3-4-6-15(14)12-22/h3-6,9-11,13H,7-8,12H2,1-2H3,(H,21,23). The number of benzene rings is 1. The summed E-state index contributed by atoms with van der Waals surface area (Å²) in [5, 5.41) is 2.81. The molecule has 0 fully saturated rings. The molecule has 0 radical (unpaired) electrons. The van der Waals surface area contributed by atoms with Crippen LogP contribution in [0.15, 0.2) is 42.7 Å². The van der Waals surface area contributed by atoms with Crippen LogP contribution in [0.4, 0.5) is 0 Å². The van der Waals surface area contributed by atoms with Crippen LogP contribution in [0.25, 0.3) is 0 Å². The first-order valence-electron chi connectivity index (χ1n) is 8.16. The predicted octanol–water partition coefficient (Wildman–Crippen LogP) is 2.42. The molecule has 0 saturated heterocycles. The zero-order valence-corrected chi connectivity index (χ0v) is 14.0. The first-order valence-corrected chi connectivity index (χ1v) is 8.16. The highest BCUT2D eigenvalue weighted by Gasteiger charge is 2.22. The maximum absolute atomic E-state index is 12.8. The van der Waals surface area contributed by atoms with Gasteiger partial charge in [-0.15, -0.1) is 0 Å². The molecule has 5 heteroatoms. The van der Waals surface area contributed by atoms with Gasteiger partial charge in [0.15, 0.2) is 0 Å². The van der Waals surface area contributed by atoms with Gasteiger partial charge in [-0.2, -0.15) is 0 Å². The van der Waals surface area contributed by atoms with Gasteiger partial charge in [-0.1, -0.05) is 24.3 Å². The minimum absolute atomic E-state index is 0.0375. The van der Waals surface area contributed by atoms with Crippen LogP contribution in [0.1, 0.15) is 45.7 Å². The van der Waals surface area contributed by atoms with Crippen LogP contribution < -0.4 is 5.32 Å². The molecule has 124 valence electrons. The van der Waals surface area contributed by atoms with Gasteiger partial charge in [-0.05, 0) is 37.5 Å². The molecule has 1 aromatic carbocycles. The number of carbonyl (C=O) groups excluding carboxylic acids is 2. The van der Waals surface area contributed by atoms with Crippen molar-refractivity contribution in [3.63, 3.8) is 0 Å². The molecule has 0 unspecified atom stereocenters. The van der Waals surface area contributed by atoms with E-state index in [0.29, 0.717) is 24.2 Å². The van der Waals surface area contributed by atoms with Gasteiger partial charge in [0.1, 0.15) is 0 Å².